The molecule has 0 spiro atoms. The number of carbonyl (C=O) groups is 2. The molecule has 2 aliphatic carbocycles. The molecule has 1 heterocycles. The van der Waals surface area contributed by atoms with E-state index in [2.05, 4.69) is 5.10 Å². The van der Waals surface area contributed by atoms with Gasteiger partial charge in [0.05, 0.1) is 37.1 Å². The number of benzene rings is 1. The zero-order valence-electron chi connectivity index (χ0n) is 17.7. The van der Waals surface area contributed by atoms with E-state index in [0.717, 1.165) is 19.3 Å². The van der Waals surface area contributed by atoms with Crippen molar-refractivity contribution in [2.45, 2.75) is 33.1 Å². The Kier molecular flexibility index (Phi) is 5.22. The molecule has 2 aromatic rings. The van der Waals surface area contributed by atoms with E-state index in [-0.39, 0.29) is 29.0 Å². The van der Waals surface area contributed by atoms with E-state index >= 15 is 0 Å². The van der Waals surface area contributed by atoms with E-state index < -0.39 is 11.5 Å². The lowest BCUT2D eigenvalue weighted by molar-refractivity contribution is -0.128. The fraction of sp³-hybridized carbons (Fsp3) is 0.478. The number of aromatic nitrogens is 2. The summed E-state index contributed by atoms with van der Waals surface area (Å²) in [5.41, 5.74) is 0.463. The van der Waals surface area contributed by atoms with Gasteiger partial charge >= 0.3 is 0 Å². The normalized spacial score (nSPS) is 25.3. The molecule has 0 aliphatic heterocycles. The van der Waals surface area contributed by atoms with Gasteiger partial charge in [0.1, 0.15) is 5.78 Å². The van der Waals surface area contributed by atoms with E-state index in [1.807, 2.05) is 6.92 Å². The maximum absolute atomic E-state index is 13.4. The Morgan fingerprint density at radius 3 is 2.53 bits per heavy atom. The fourth-order valence-corrected chi connectivity index (χ4v) is 5.00. The molecule has 0 amide bonds. The first-order chi connectivity index (χ1) is 14.3. The zero-order valence-corrected chi connectivity index (χ0v) is 17.7. The van der Waals surface area contributed by atoms with Crippen molar-refractivity contribution < 1.29 is 19.1 Å². The fourth-order valence-electron chi connectivity index (χ4n) is 5.00. The molecule has 2 saturated carbocycles. The molecule has 7 heteroatoms. The van der Waals surface area contributed by atoms with Crippen LogP contribution in [0.5, 0.6) is 11.5 Å². The molecule has 0 radical (unpaired) electrons. The molecule has 1 aromatic carbocycles. The number of carbonyl (C=O) groups excluding carboxylic acids is 2. The largest absolute Gasteiger partial charge is 0.493 e. The van der Waals surface area contributed by atoms with Crippen molar-refractivity contribution in [3.05, 3.63) is 45.9 Å². The molecule has 158 valence electrons. The van der Waals surface area contributed by atoms with Gasteiger partial charge in [-0.1, -0.05) is 6.92 Å². The number of hydrogen-bond donors (Lipinski definition) is 0. The van der Waals surface area contributed by atoms with Gasteiger partial charge < -0.3 is 9.47 Å². The number of hydrogen-bond acceptors (Lipinski definition) is 6. The predicted molar refractivity (Wildman–Crippen MR) is 110 cm³/mol. The Labute approximate surface area is 175 Å². The van der Waals surface area contributed by atoms with Crippen molar-refractivity contribution in [1.82, 2.24) is 9.78 Å². The van der Waals surface area contributed by atoms with Crippen molar-refractivity contribution in [2.24, 2.45) is 23.7 Å². The van der Waals surface area contributed by atoms with E-state index in [0.29, 0.717) is 28.8 Å². The number of Topliss-reactive ketones (excluding diaryl/α,β-unsaturated/α-hetero) is 2. The van der Waals surface area contributed by atoms with Crippen LogP contribution in [0.25, 0.3) is 5.69 Å². The molecule has 4 unspecified atom stereocenters. The first kappa shape index (κ1) is 20.3. The minimum absolute atomic E-state index is 0.00668. The van der Waals surface area contributed by atoms with Crippen LogP contribution in [0, 0.1) is 30.6 Å². The number of ether oxygens (including phenoxy) is 2. The molecular formula is C23H26N2O5. The topological polar surface area (TPSA) is 87.5 Å². The van der Waals surface area contributed by atoms with E-state index in [1.54, 1.807) is 25.1 Å². The molecule has 2 bridgehead atoms. The third kappa shape index (κ3) is 3.22. The maximum Gasteiger partial charge on any atom is 0.282 e. The van der Waals surface area contributed by atoms with Crippen LogP contribution < -0.4 is 15.0 Å². The molecule has 0 saturated heterocycles. The maximum atomic E-state index is 13.4. The number of rotatable bonds is 5. The smallest absolute Gasteiger partial charge is 0.282 e. The van der Waals surface area contributed by atoms with Gasteiger partial charge in [-0.05, 0) is 56.2 Å². The van der Waals surface area contributed by atoms with Crippen molar-refractivity contribution in [1.29, 1.82) is 0 Å². The van der Waals surface area contributed by atoms with Gasteiger partial charge in [-0.2, -0.15) is 9.78 Å². The summed E-state index contributed by atoms with van der Waals surface area (Å²) in [7, 11) is 3.04. The summed E-state index contributed by atoms with van der Waals surface area (Å²) in [6, 6.07) is 6.49. The minimum Gasteiger partial charge on any atom is -0.493 e. The number of fused-ring (bicyclic) bond motifs is 2. The predicted octanol–water partition coefficient (Wildman–Crippen LogP) is 2.99. The zero-order chi connectivity index (χ0) is 21.6. The van der Waals surface area contributed by atoms with Crippen LogP contribution in [0.2, 0.25) is 0 Å². The second-order valence-corrected chi connectivity index (χ2v) is 8.33. The average Bonchev–Trinajstić information content (AvgIpc) is 3.20. The van der Waals surface area contributed by atoms with Gasteiger partial charge in [0, 0.05) is 12.0 Å². The third-order valence-electron chi connectivity index (χ3n) is 6.64. The molecule has 0 N–H and O–H groups in total. The van der Waals surface area contributed by atoms with Crippen LogP contribution in [-0.2, 0) is 4.79 Å². The van der Waals surface area contributed by atoms with Gasteiger partial charge in [0.15, 0.2) is 17.3 Å². The number of ketones is 2. The molecule has 2 aliphatic rings. The highest BCUT2D eigenvalue weighted by Crippen LogP contribution is 2.46. The monoisotopic (exact) mass is 410 g/mol. The lowest BCUT2D eigenvalue weighted by atomic mass is 9.69. The molecule has 4 rings (SSSR count). The van der Waals surface area contributed by atoms with Crippen LogP contribution in [0.3, 0.4) is 0 Å². The van der Waals surface area contributed by atoms with Gasteiger partial charge in [-0.3, -0.25) is 14.4 Å². The Morgan fingerprint density at radius 1 is 1.10 bits per heavy atom. The summed E-state index contributed by atoms with van der Waals surface area (Å²) in [6.45, 7) is 3.69. The summed E-state index contributed by atoms with van der Waals surface area (Å²) in [4.78, 5) is 39.6. The highest BCUT2D eigenvalue weighted by molar-refractivity contribution is 6.12. The van der Waals surface area contributed by atoms with Crippen LogP contribution in [0.4, 0.5) is 0 Å². The average molecular weight is 410 g/mol. The number of aryl methyl sites for hydroxylation is 1. The third-order valence-corrected chi connectivity index (χ3v) is 6.64. The van der Waals surface area contributed by atoms with E-state index in [9.17, 15) is 14.4 Å². The number of methoxy groups -OCH3 is 2. The van der Waals surface area contributed by atoms with Crippen LogP contribution in [-0.4, -0.2) is 35.6 Å². The molecule has 2 fully saturated rings. The lowest BCUT2D eigenvalue weighted by Crippen LogP contribution is -2.42. The van der Waals surface area contributed by atoms with Crippen molar-refractivity contribution >= 4 is 11.6 Å². The Bertz CT molecular complexity index is 1070. The van der Waals surface area contributed by atoms with E-state index in [1.165, 1.54) is 25.0 Å². The first-order valence-corrected chi connectivity index (χ1v) is 10.3. The molecule has 4 atom stereocenters. The van der Waals surface area contributed by atoms with Crippen molar-refractivity contribution in [3.8, 4) is 17.2 Å². The standard InChI is InChI=1S/C23H26N2O5/c1-12-9-17(22(27)20-13(2)14-5-6-15(10-14)21(20)26)23(28)25(24-12)16-7-8-18(29-3)19(11-16)30-4/h7-9,11,13-15,20H,5-6,10H2,1-4H3. The second-order valence-electron chi connectivity index (χ2n) is 8.33. The molecule has 7 nitrogen and oxygen atoms in total. The molecular weight excluding hydrogens is 384 g/mol. The summed E-state index contributed by atoms with van der Waals surface area (Å²) in [6.07, 6.45) is 2.70. The van der Waals surface area contributed by atoms with Gasteiger partial charge in [0.25, 0.3) is 5.56 Å². The minimum atomic E-state index is -0.746. The van der Waals surface area contributed by atoms with Crippen molar-refractivity contribution in [3.63, 3.8) is 0 Å². The molecule has 30 heavy (non-hydrogen) atoms. The first-order valence-electron chi connectivity index (χ1n) is 10.3. The summed E-state index contributed by atoms with van der Waals surface area (Å²) < 4.78 is 11.8. The van der Waals surface area contributed by atoms with Gasteiger partial charge in [0.2, 0.25) is 0 Å². The SMILES string of the molecule is COc1ccc(-n2nc(C)cc(C(=O)C3C(=O)C4CCC(C4)C3C)c2=O)cc1OC. The van der Waals surface area contributed by atoms with E-state index in [4.69, 9.17) is 9.47 Å². The summed E-state index contributed by atoms with van der Waals surface area (Å²) >= 11 is 0. The highest BCUT2D eigenvalue weighted by atomic mass is 16.5. The second kappa shape index (κ2) is 7.70. The van der Waals surface area contributed by atoms with Crippen molar-refractivity contribution in [2.75, 3.05) is 14.2 Å². The number of nitrogens with zero attached hydrogens (tertiary/aromatic N) is 2. The lowest BCUT2D eigenvalue weighted by Gasteiger charge is -2.32. The van der Waals surface area contributed by atoms with Gasteiger partial charge in [-0.25, -0.2) is 0 Å². The van der Waals surface area contributed by atoms with Crippen LogP contribution in [0.15, 0.2) is 29.1 Å². The van der Waals surface area contributed by atoms with Crippen LogP contribution >= 0.6 is 0 Å². The Morgan fingerprint density at radius 2 is 1.83 bits per heavy atom. The molecule has 1 aromatic heterocycles. The Hall–Kier alpha value is -2.96. The van der Waals surface area contributed by atoms with Gasteiger partial charge in [-0.15, -0.1) is 0 Å². The highest BCUT2D eigenvalue weighted by Gasteiger charge is 2.49. The summed E-state index contributed by atoms with van der Waals surface area (Å²) in [5, 5.41) is 4.31. The summed E-state index contributed by atoms with van der Waals surface area (Å²) in [5.74, 6) is 0.118. The Balaban J connectivity index is 1.78. The quantitative estimate of drug-likeness (QED) is 0.556. The van der Waals surface area contributed by atoms with Crippen LogP contribution in [0.1, 0.15) is 42.2 Å².